The first kappa shape index (κ1) is 15.9. The van der Waals surface area contributed by atoms with Crippen LogP contribution in [0.25, 0.3) is 11.2 Å². The number of allylic oxidation sites excluding steroid dienone is 2. The van der Waals surface area contributed by atoms with Crippen molar-refractivity contribution in [3.8, 4) is 0 Å². The lowest BCUT2D eigenvalue weighted by atomic mass is 10.0. The summed E-state index contributed by atoms with van der Waals surface area (Å²) in [6, 6.07) is 2.08. The summed E-state index contributed by atoms with van der Waals surface area (Å²) in [6.07, 6.45) is 11.5. The third kappa shape index (κ3) is 2.95. The van der Waals surface area contributed by atoms with Crippen molar-refractivity contribution in [2.24, 2.45) is 0 Å². The van der Waals surface area contributed by atoms with E-state index in [2.05, 4.69) is 46.6 Å². The minimum Gasteiger partial charge on any atom is -0.305 e. The van der Waals surface area contributed by atoms with Crippen LogP contribution in [0, 0.1) is 13.8 Å². The second-order valence-electron chi connectivity index (χ2n) is 6.79. The maximum absolute atomic E-state index is 4.79. The molecule has 0 radical (unpaired) electrons. The highest BCUT2D eigenvalue weighted by Gasteiger charge is 2.16. The van der Waals surface area contributed by atoms with Crippen LogP contribution >= 0.6 is 0 Å². The molecule has 0 amide bonds. The first-order valence-corrected chi connectivity index (χ1v) is 8.95. The standard InChI is InChI=1S/C20H23N5/c1-4-18-24-19-13(2)9-14(3)23-20(19)25(18)12-17-21-10-16(11-22-17)15-7-5-6-8-15/h5-6,9-11,15H,4,7-8,12H2,1-3H3. The lowest BCUT2D eigenvalue weighted by molar-refractivity contribution is 0.693. The molecule has 0 saturated carbocycles. The number of fused-ring (bicyclic) bond motifs is 1. The van der Waals surface area contributed by atoms with Gasteiger partial charge in [-0.3, -0.25) is 0 Å². The largest absolute Gasteiger partial charge is 0.305 e. The molecule has 5 nitrogen and oxygen atoms in total. The van der Waals surface area contributed by atoms with Gasteiger partial charge in [-0.05, 0) is 49.8 Å². The first-order valence-electron chi connectivity index (χ1n) is 8.95. The number of rotatable bonds is 4. The quantitative estimate of drug-likeness (QED) is 0.680. The smallest absolute Gasteiger partial charge is 0.160 e. The Morgan fingerprint density at radius 1 is 1.08 bits per heavy atom. The fourth-order valence-electron chi connectivity index (χ4n) is 3.57. The fraction of sp³-hybridized carbons (Fsp3) is 0.400. The van der Waals surface area contributed by atoms with Crippen LogP contribution in [0.2, 0.25) is 0 Å². The molecular weight excluding hydrogens is 310 g/mol. The normalized spacial score (nSPS) is 14.7. The molecule has 1 aliphatic rings. The first-order chi connectivity index (χ1) is 12.2. The van der Waals surface area contributed by atoms with Crippen molar-refractivity contribution in [1.29, 1.82) is 0 Å². The van der Waals surface area contributed by atoms with Gasteiger partial charge in [-0.25, -0.2) is 19.9 Å². The minimum absolute atomic E-state index is 0.543. The molecule has 0 fully saturated rings. The molecule has 128 valence electrons. The van der Waals surface area contributed by atoms with Crippen LogP contribution in [0.15, 0.2) is 30.6 Å². The van der Waals surface area contributed by atoms with Gasteiger partial charge in [0.15, 0.2) is 5.65 Å². The SMILES string of the molecule is CCc1nc2c(C)cc(C)nc2n1Cc1ncc(C2CC=CC2)cn1. The molecule has 1 aliphatic carbocycles. The van der Waals surface area contributed by atoms with Crippen LogP contribution in [0.1, 0.15) is 54.2 Å². The Kier molecular flexibility index (Phi) is 4.07. The lowest BCUT2D eigenvalue weighted by Crippen LogP contribution is -2.09. The summed E-state index contributed by atoms with van der Waals surface area (Å²) in [5.74, 6) is 2.38. The van der Waals surface area contributed by atoms with Crippen LogP contribution < -0.4 is 0 Å². The van der Waals surface area contributed by atoms with E-state index in [-0.39, 0.29) is 0 Å². The summed E-state index contributed by atoms with van der Waals surface area (Å²) in [4.78, 5) is 18.7. The third-order valence-electron chi connectivity index (χ3n) is 4.92. The van der Waals surface area contributed by atoms with Gasteiger partial charge < -0.3 is 4.57 Å². The van der Waals surface area contributed by atoms with Gasteiger partial charge in [0.05, 0.1) is 6.54 Å². The number of hydrogen-bond acceptors (Lipinski definition) is 4. The average molecular weight is 333 g/mol. The van der Waals surface area contributed by atoms with Gasteiger partial charge in [0.25, 0.3) is 0 Å². The van der Waals surface area contributed by atoms with Crippen LogP contribution in [0.3, 0.4) is 0 Å². The minimum atomic E-state index is 0.543. The van der Waals surface area contributed by atoms with Crippen molar-refractivity contribution in [3.63, 3.8) is 0 Å². The molecule has 3 aromatic heterocycles. The Hall–Kier alpha value is -2.56. The second kappa shape index (κ2) is 6.39. The van der Waals surface area contributed by atoms with Gasteiger partial charge in [0, 0.05) is 24.5 Å². The molecule has 3 aromatic rings. The Bertz CT molecular complexity index is 929. The molecule has 0 atom stereocenters. The van der Waals surface area contributed by atoms with Crippen LogP contribution in [0.5, 0.6) is 0 Å². The Morgan fingerprint density at radius 3 is 2.48 bits per heavy atom. The van der Waals surface area contributed by atoms with Crippen molar-refractivity contribution in [1.82, 2.24) is 24.5 Å². The number of imidazole rings is 1. The van der Waals surface area contributed by atoms with Crippen molar-refractivity contribution in [3.05, 3.63) is 59.1 Å². The monoisotopic (exact) mass is 333 g/mol. The fourth-order valence-corrected chi connectivity index (χ4v) is 3.57. The molecule has 0 aromatic carbocycles. The van der Waals surface area contributed by atoms with E-state index in [9.17, 15) is 0 Å². The van der Waals surface area contributed by atoms with Gasteiger partial charge >= 0.3 is 0 Å². The number of aryl methyl sites for hydroxylation is 3. The number of hydrogen-bond donors (Lipinski definition) is 0. The van der Waals surface area contributed by atoms with Gasteiger partial charge in [-0.1, -0.05) is 19.1 Å². The van der Waals surface area contributed by atoms with E-state index in [0.717, 1.165) is 47.8 Å². The summed E-state index contributed by atoms with van der Waals surface area (Å²) < 4.78 is 2.15. The second-order valence-corrected chi connectivity index (χ2v) is 6.79. The Labute approximate surface area is 147 Å². The van der Waals surface area contributed by atoms with E-state index in [1.807, 2.05) is 19.3 Å². The molecule has 25 heavy (non-hydrogen) atoms. The van der Waals surface area contributed by atoms with E-state index in [4.69, 9.17) is 9.97 Å². The van der Waals surface area contributed by atoms with E-state index in [1.165, 1.54) is 11.1 Å². The molecule has 0 aliphatic heterocycles. The molecule has 5 heteroatoms. The maximum atomic E-state index is 4.79. The van der Waals surface area contributed by atoms with Crippen LogP contribution in [-0.2, 0) is 13.0 Å². The van der Waals surface area contributed by atoms with E-state index in [1.54, 1.807) is 0 Å². The van der Waals surface area contributed by atoms with Gasteiger partial charge in [-0.2, -0.15) is 0 Å². The third-order valence-corrected chi connectivity index (χ3v) is 4.92. The highest BCUT2D eigenvalue weighted by molar-refractivity contribution is 5.76. The molecule has 0 bridgehead atoms. The van der Waals surface area contributed by atoms with Crippen LogP contribution in [0.4, 0.5) is 0 Å². The zero-order valence-electron chi connectivity index (χ0n) is 15.0. The molecule has 3 heterocycles. The number of aromatic nitrogens is 5. The summed E-state index contributed by atoms with van der Waals surface area (Å²) >= 11 is 0. The molecule has 0 N–H and O–H groups in total. The van der Waals surface area contributed by atoms with Crippen molar-refractivity contribution < 1.29 is 0 Å². The van der Waals surface area contributed by atoms with Crippen LogP contribution in [-0.4, -0.2) is 24.5 Å². The predicted octanol–water partition coefficient (Wildman–Crippen LogP) is 3.88. The van der Waals surface area contributed by atoms with E-state index >= 15 is 0 Å². The molecular formula is C20H23N5. The molecule has 0 unspecified atom stereocenters. The molecule has 4 rings (SSSR count). The Balaban J connectivity index is 1.68. The maximum Gasteiger partial charge on any atom is 0.160 e. The highest BCUT2D eigenvalue weighted by atomic mass is 15.1. The summed E-state index contributed by atoms with van der Waals surface area (Å²) in [7, 11) is 0. The topological polar surface area (TPSA) is 56.5 Å². The zero-order valence-corrected chi connectivity index (χ0v) is 15.0. The molecule has 0 saturated heterocycles. The summed E-state index contributed by atoms with van der Waals surface area (Å²) in [5.41, 5.74) is 5.32. The zero-order chi connectivity index (χ0) is 17.4. The van der Waals surface area contributed by atoms with Crippen molar-refractivity contribution in [2.75, 3.05) is 0 Å². The van der Waals surface area contributed by atoms with Gasteiger partial charge in [0.1, 0.15) is 17.2 Å². The Morgan fingerprint density at radius 2 is 1.80 bits per heavy atom. The number of nitrogens with zero attached hydrogens (tertiary/aromatic N) is 5. The van der Waals surface area contributed by atoms with E-state index < -0.39 is 0 Å². The summed E-state index contributed by atoms with van der Waals surface area (Å²) in [5, 5.41) is 0. The average Bonchev–Trinajstić information content (AvgIpc) is 3.24. The predicted molar refractivity (Wildman–Crippen MR) is 98.6 cm³/mol. The summed E-state index contributed by atoms with van der Waals surface area (Å²) in [6.45, 7) is 6.85. The van der Waals surface area contributed by atoms with Crippen molar-refractivity contribution in [2.45, 2.75) is 52.5 Å². The van der Waals surface area contributed by atoms with Gasteiger partial charge in [0.2, 0.25) is 0 Å². The molecule has 0 spiro atoms. The lowest BCUT2D eigenvalue weighted by Gasteiger charge is -2.10. The van der Waals surface area contributed by atoms with Crippen molar-refractivity contribution >= 4 is 11.2 Å². The number of pyridine rings is 1. The van der Waals surface area contributed by atoms with E-state index in [0.29, 0.717) is 12.5 Å². The highest BCUT2D eigenvalue weighted by Crippen LogP contribution is 2.28. The van der Waals surface area contributed by atoms with Gasteiger partial charge in [-0.15, -0.1) is 0 Å².